The van der Waals surface area contributed by atoms with Gasteiger partial charge in [-0.1, -0.05) is 0 Å². The summed E-state index contributed by atoms with van der Waals surface area (Å²) < 4.78 is 40.9. The standard InChI is InChI=1S/C8H12F3N5O2/c1-12-5-14-6(16-7(15-5)18-2)13-3-4(17)8(9,10)11/h4,17H,3H2,1-2H3,(H2,12,13,14,15,16). The maximum atomic E-state index is 12.1. The SMILES string of the molecule is CNc1nc(NCC(O)C(F)(F)F)nc(OC)n1. The van der Waals surface area contributed by atoms with Crippen molar-refractivity contribution in [2.24, 2.45) is 0 Å². The van der Waals surface area contributed by atoms with Crippen LogP contribution in [-0.4, -0.2) is 53.0 Å². The molecule has 0 bridgehead atoms. The van der Waals surface area contributed by atoms with Crippen molar-refractivity contribution in [3.8, 4) is 6.01 Å². The van der Waals surface area contributed by atoms with Crippen LogP contribution in [0.4, 0.5) is 25.1 Å². The molecule has 1 aromatic rings. The molecule has 0 spiro atoms. The highest BCUT2D eigenvalue weighted by atomic mass is 19.4. The number of aliphatic hydroxyl groups excluding tert-OH is 1. The Balaban J connectivity index is 2.72. The number of ether oxygens (including phenoxy) is 1. The lowest BCUT2D eigenvalue weighted by atomic mass is 10.3. The third-order valence-corrected chi connectivity index (χ3v) is 1.85. The van der Waals surface area contributed by atoms with Crippen molar-refractivity contribution in [2.45, 2.75) is 12.3 Å². The van der Waals surface area contributed by atoms with E-state index in [1.54, 1.807) is 0 Å². The van der Waals surface area contributed by atoms with Crippen LogP contribution in [0.5, 0.6) is 6.01 Å². The monoisotopic (exact) mass is 267 g/mol. The summed E-state index contributed by atoms with van der Waals surface area (Å²) >= 11 is 0. The third-order valence-electron chi connectivity index (χ3n) is 1.85. The highest BCUT2D eigenvalue weighted by Gasteiger charge is 2.38. The van der Waals surface area contributed by atoms with Gasteiger partial charge in [0.15, 0.2) is 6.10 Å². The topological polar surface area (TPSA) is 92.2 Å². The van der Waals surface area contributed by atoms with Crippen LogP contribution in [0.3, 0.4) is 0 Å². The van der Waals surface area contributed by atoms with Crippen molar-refractivity contribution in [1.29, 1.82) is 0 Å². The van der Waals surface area contributed by atoms with Crippen LogP contribution in [0.25, 0.3) is 0 Å². The molecule has 0 saturated carbocycles. The molecule has 1 atom stereocenters. The molecule has 18 heavy (non-hydrogen) atoms. The summed E-state index contributed by atoms with van der Waals surface area (Å²) in [6.07, 6.45) is -7.20. The molecule has 3 N–H and O–H groups in total. The molecule has 0 aliphatic rings. The molecule has 0 aliphatic carbocycles. The Hall–Kier alpha value is -1.84. The summed E-state index contributed by atoms with van der Waals surface area (Å²) in [7, 11) is 2.84. The molecule has 7 nitrogen and oxygen atoms in total. The number of halogens is 3. The molecule has 0 radical (unpaired) electrons. The van der Waals surface area contributed by atoms with Gasteiger partial charge in [0.05, 0.1) is 13.7 Å². The van der Waals surface area contributed by atoms with Gasteiger partial charge in [-0.3, -0.25) is 0 Å². The Morgan fingerprint density at radius 2 is 1.89 bits per heavy atom. The van der Waals surface area contributed by atoms with Crippen molar-refractivity contribution in [3.05, 3.63) is 0 Å². The van der Waals surface area contributed by atoms with Crippen molar-refractivity contribution < 1.29 is 23.0 Å². The Bertz CT molecular complexity index is 379. The lowest BCUT2D eigenvalue weighted by molar-refractivity contribution is -0.198. The van der Waals surface area contributed by atoms with Crippen molar-refractivity contribution in [1.82, 2.24) is 15.0 Å². The molecule has 10 heteroatoms. The number of aliphatic hydroxyl groups is 1. The Morgan fingerprint density at radius 1 is 1.28 bits per heavy atom. The minimum Gasteiger partial charge on any atom is -0.467 e. The molecule has 1 unspecified atom stereocenters. The van der Waals surface area contributed by atoms with Crippen LogP contribution in [0, 0.1) is 0 Å². The highest BCUT2D eigenvalue weighted by Crippen LogP contribution is 2.20. The zero-order chi connectivity index (χ0) is 13.8. The van der Waals surface area contributed by atoms with Crippen molar-refractivity contribution in [2.75, 3.05) is 31.3 Å². The van der Waals surface area contributed by atoms with Gasteiger partial charge in [-0.2, -0.15) is 28.1 Å². The Morgan fingerprint density at radius 3 is 2.39 bits per heavy atom. The molecule has 102 valence electrons. The smallest absolute Gasteiger partial charge is 0.416 e. The van der Waals surface area contributed by atoms with E-state index in [2.05, 4.69) is 25.6 Å². The fraction of sp³-hybridized carbons (Fsp3) is 0.625. The second kappa shape index (κ2) is 5.67. The van der Waals surface area contributed by atoms with Crippen LogP contribution in [0.15, 0.2) is 0 Å². The number of hydrogen-bond donors (Lipinski definition) is 3. The molecular weight excluding hydrogens is 255 g/mol. The second-order valence-electron chi connectivity index (χ2n) is 3.16. The number of nitrogens with zero attached hydrogens (tertiary/aromatic N) is 3. The average molecular weight is 267 g/mol. The maximum absolute atomic E-state index is 12.1. The Kier molecular flexibility index (Phi) is 4.48. The molecule has 1 aromatic heterocycles. The van der Waals surface area contributed by atoms with Gasteiger partial charge in [0.2, 0.25) is 11.9 Å². The number of anilines is 2. The molecular formula is C8H12F3N5O2. The summed E-state index contributed by atoms with van der Waals surface area (Å²) in [6, 6.07) is -0.0571. The number of nitrogens with one attached hydrogen (secondary N) is 2. The minimum absolute atomic E-state index is 0.0571. The lowest BCUT2D eigenvalue weighted by Gasteiger charge is -2.15. The molecule has 0 amide bonds. The van der Waals surface area contributed by atoms with Gasteiger partial charge in [-0.15, -0.1) is 0 Å². The van der Waals surface area contributed by atoms with E-state index >= 15 is 0 Å². The van der Waals surface area contributed by atoms with Crippen LogP contribution in [-0.2, 0) is 0 Å². The van der Waals surface area contributed by atoms with E-state index in [4.69, 9.17) is 9.84 Å². The van der Waals surface area contributed by atoms with Gasteiger partial charge in [0, 0.05) is 7.05 Å². The molecule has 1 rings (SSSR count). The molecule has 0 fully saturated rings. The van der Waals surface area contributed by atoms with E-state index in [0.717, 1.165) is 0 Å². The number of aromatic nitrogens is 3. The second-order valence-corrected chi connectivity index (χ2v) is 3.16. The van der Waals surface area contributed by atoms with Gasteiger partial charge in [0.1, 0.15) is 0 Å². The van der Waals surface area contributed by atoms with Crippen LogP contribution >= 0.6 is 0 Å². The predicted octanol–water partition coefficient (Wildman–Crippen LogP) is 0.257. The van der Waals surface area contributed by atoms with Crippen LogP contribution in [0.2, 0.25) is 0 Å². The van der Waals surface area contributed by atoms with E-state index in [-0.39, 0.29) is 17.9 Å². The first-order chi connectivity index (χ1) is 8.36. The molecule has 0 saturated heterocycles. The van der Waals surface area contributed by atoms with Crippen molar-refractivity contribution >= 4 is 11.9 Å². The normalized spacial score (nSPS) is 13.0. The fourth-order valence-electron chi connectivity index (χ4n) is 0.942. The van der Waals surface area contributed by atoms with Crippen LogP contribution in [0.1, 0.15) is 0 Å². The third kappa shape index (κ3) is 3.87. The lowest BCUT2D eigenvalue weighted by Crippen LogP contribution is -2.35. The maximum Gasteiger partial charge on any atom is 0.416 e. The number of methoxy groups -OCH3 is 1. The van der Waals surface area contributed by atoms with Gasteiger partial charge in [0.25, 0.3) is 0 Å². The van der Waals surface area contributed by atoms with Gasteiger partial charge in [-0.25, -0.2) is 0 Å². The highest BCUT2D eigenvalue weighted by molar-refractivity contribution is 5.35. The summed E-state index contributed by atoms with van der Waals surface area (Å²) in [6.45, 7) is -0.764. The molecule has 0 aromatic carbocycles. The summed E-state index contributed by atoms with van der Waals surface area (Å²) in [5.41, 5.74) is 0. The zero-order valence-corrected chi connectivity index (χ0v) is 9.62. The van der Waals surface area contributed by atoms with E-state index < -0.39 is 18.8 Å². The number of alkyl halides is 3. The van der Waals surface area contributed by atoms with Crippen molar-refractivity contribution in [3.63, 3.8) is 0 Å². The summed E-state index contributed by atoms with van der Waals surface area (Å²) in [5, 5.41) is 13.6. The van der Waals surface area contributed by atoms with E-state index in [9.17, 15) is 13.2 Å². The quantitative estimate of drug-likeness (QED) is 0.704. The largest absolute Gasteiger partial charge is 0.467 e. The number of hydrogen-bond acceptors (Lipinski definition) is 7. The van der Waals surface area contributed by atoms with E-state index in [1.807, 2.05) is 0 Å². The molecule has 0 aliphatic heterocycles. The first-order valence-corrected chi connectivity index (χ1v) is 4.83. The van der Waals surface area contributed by atoms with Gasteiger partial charge >= 0.3 is 12.2 Å². The van der Waals surface area contributed by atoms with Gasteiger partial charge in [-0.05, 0) is 0 Å². The summed E-state index contributed by atoms with van der Waals surface area (Å²) in [4.78, 5) is 11.2. The first kappa shape index (κ1) is 14.2. The zero-order valence-electron chi connectivity index (χ0n) is 9.62. The number of rotatable bonds is 5. The predicted molar refractivity (Wildman–Crippen MR) is 56.5 cm³/mol. The average Bonchev–Trinajstić information content (AvgIpc) is 2.34. The first-order valence-electron chi connectivity index (χ1n) is 4.83. The van der Waals surface area contributed by atoms with Gasteiger partial charge < -0.3 is 20.5 Å². The summed E-state index contributed by atoms with van der Waals surface area (Å²) in [5.74, 6) is 0.000323. The molecule has 1 heterocycles. The van der Waals surface area contributed by atoms with E-state index in [1.165, 1.54) is 14.2 Å². The fourth-order valence-corrected chi connectivity index (χ4v) is 0.942. The Labute approximate surface area is 100 Å². The van der Waals surface area contributed by atoms with Crippen LogP contribution < -0.4 is 15.4 Å². The van der Waals surface area contributed by atoms with E-state index in [0.29, 0.717) is 0 Å². The minimum atomic E-state index is -4.70.